The molecule has 0 aromatic carbocycles. The molecule has 2 nitrogen and oxygen atoms in total. The van der Waals surface area contributed by atoms with E-state index >= 15 is 0 Å². The van der Waals surface area contributed by atoms with Gasteiger partial charge < -0.3 is 0 Å². The van der Waals surface area contributed by atoms with Crippen LogP contribution in [0.15, 0.2) is 0 Å². The standard InChI is InChI=1S/C12H22O2S/c1-5-7-11(6-2)15-12(10(4)14)8-9(3)13/h11-12H,5-8H2,1-4H3. The molecule has 0 aromatic rings. The minimum Gasteiger partial charge on any atom is -0.300 e. The summed E-state index contributed by atoms with van der Waals surface area (Å²) < 4.78 is 0. The van der Waals surface area contributed by atoms with Crippen molar-refractivity contribution in [3.8, 4) is 0 Å². The molecule has 2 unspecified atom stereocenters. The maximum atomic E-state index is 11.4. The van der Waals surface area contributed by atoms with E-state index in [-0.39, 0.29) is 16.8 Å². The summed E-state index contributed by atoms with van der Waals surface area (Å²) in [5.74, 6) is 0.235. The van der Waals surface area contributed by atoms with Crippen molar-refractivity contribution in [3.63, 3.8) is 0 Å². The first-order valence-electron chi connectivity index (χ1n) is 5.66. The van der Waals surface area contributed by atoms with Crippen molar-refractivity contribution >= 4 is 23.3 Å². The highest BCUT2D eigenvalue weighted by molar-refractivity contribution is 8.01. The van der Waals surface area contributed by atoms with Crippen LogP contribution in [0.4, 0.5) is 0 Å². The smallest absolute Gasteiger partial charge is 0.143 e. The van der Waals surface area contributed by atoms with Crippen LogP contribution >= 0.6 is 11.8 Å². The van der Waals surface area contributed by atoms with E-state index < -0.39 is 0 Å². The highest BCUT2D eigenvalue weighted by atomic mass is 32.2. The number of hydrogen-bond donors (Lipinski definition) is 0. The van der Waals surface area contributed by atoms with Crippen LogP contribution in [-0.4, -0.2) is 22.1 Å². The lowest BCUT2D eigenvalue weighted by atomic mass is 10.2. The lowest BCUT2D eigenvalue weighted by Gasteiger charge is -2.19. The fourth-order valence-electron chi connectivity index (χ4n) is 1.47. The number of ketones is 2. The summed E-state index contributed by atoms with van der Waals surface area (Å²) in [7, 11) is 0. The van der Waals surface area contributed by atoms with Gasteiger partial charge >= 0.3 is 0 Å². The number of thioether (sulfide) groups is 1. The zero-order chi connectivity index (χ0) is 11.8. The van der Waals surface area contributed by atoms with Gasteiger partial charge in [-0.2, -0.15) is 0 Å². The Kier molecular flexibility index (Phi) is 7.75. The number of Topliss-reactive ketones (excluding diaryl/α,β-unsaturated/α-hetero) is 2. The van der Waals surface area contributed by atoms with Gasteiger partial charge in [-0.1, -0.05) is 20.3 Å². The predicted octanol–water partition coefficient (Wildman–Crippen LogP) is 3.24. The Bertz CT molecular complexity index is 214. The van der Waals surface area contributed by atoms with Gasteiger partial charge in [-0.3, -0.25) is 9.59 Å². The summed E-state index contributed by atoms with van der Waals surface area (Å²) in [5, 5.41) is 0.391. The van der Waals surface area contributed by atoms with Crippen molar-refractivity contribution in [3.05, 3.63) is 0 Å². The molecule has 0 N–H and O–H groups in total. The third-order valence-electron chi connectivity index (χ3n) is 2.35. The lowest BCUT2D eigenvalue weighted by Crippen LogP contribution is -2.20. The van der Waals surface area contributed by atoms with Crippen LogP contribution in [-0.2, 0) is 9.59 Å². The van der Waals surface area contributed by atoms with Crippen molar-refractivity contribution < 1.29 is 9.59 Å². The van der Waals surface area contributed by atoms with Crippen LogP contribution in [0, 0.1) is 0 Å². The Labute approximate surface area is 97.2 Å². The van der Waals surface area contributed by atoms with E-state index in [0.29, 0.717) is 11.7 Å². The molecule has 0 spiro atoms. The molecule has 0 amide bonds. The Morgan fingerprint density at radius 1 is 1.20 bits per heavy atom. The van der Waals surface area contributed by atoms with Crippen molar-refractivity contribution in [2.24, 2.45) is 0 Å². The molecule has 0 rings (SSSR count). The van der Waals surface area contributed by atoms with Crippen LogP contribution in [0.3, 0.4) is 0 Å². The Balaban J connectivity index is 4.24. The normalized spacial score (nSPS) is 14.7. The van der Waals surface area contributed by atoms with Gasteiger partial charge in [-0.15, -0.1) is 11.8 Å². The average Bonchev–Trinajstić information content (AvgIpc) is 2.14. The Morgan fingerprint density at radius 3 is 2.13 bits per heavy atom. The molecule has 88 valence electrons. The van der Waals surface area contributed by atoms with Crippen molar-refractivity contribution in [1.82, 2.24) is 0 Å². The first-order chi connectivity index (χ1) is 7.01. The van der Waals surface area contributed by atoms with Crippen molar-refractivity contribution in [2.45, 2.75) is 63.9 Å². The summed E-state index contributed by atoms with van der Waals surface area (Å²) in [6.07, 6.45) is 3.72. The number of rotatable bonds is 8. The fourth-order valence-corrected chi connectivity index (χ4v) is 3.02. The summed E-state index contributed by atoms with van der Waals surface area (Å²) >= 11 is 1.68. The molecule has 0 heterocycles. The van der Waals surface area contributed by atoms with E-state index in [4.69, 9.17) is 0 Å². The SMILES string of the molecule is CCCC(CC)SC(CC(C)=O)C(C)=O. The van der Waals surface area contributed by atoms with Gasteiger partial charge in [0.25, 0.3) is 0 Å². The van der Waals surface area contributed by atoms with Gasteiger partial charge in [0.2, 0.25) is 0 Å². The summed E-state index contributed by atoms with van der Waals surface area (Å²) in [6, 6.07) is 0. The minimum absolute atomic E-state index is 0.106. The average molecular weight is 230 g/mol. The number of carbonyl (C=O) groups excluding carboxylic acids is 2. The van der Waals surface area contributed by atoms with Gasteiger partial charge in [0.05, 0.1) is 5.25 Å². The molecule has 3 heteroatoms. The minimum atomic E-state index is -0.126. The molecule has 0 aliphatic heterocycles. The summed E-state index contributed by atoms with van der Waals surface area (Å²) in [6.45, 7) is 7.42. The summed E-state index contributed by atoms with van der Waals surface area (Å²) in [4.78, 5) is 22.4. The molecular weight excluding hydrogens is 208 g/mol. The Morgan fingerprint density at radius 2 is 1.80 bits per heavy atom. The predicted molar refractivity (Wildman–Crippen MR) is 66.3 cm³/mol. The molecule has 0 radical (unpaired) electrons. The molecule has 2 atom stereocenters. The molecule has 0 saturated carbocycles. The second kappa shape index (κ2) is 7.91. The van der Waals surface area contributed by atoms with Gasteiger partial charge in [0, 0.05) is 11.7 Å². The van der Waals surface area contributed by atoms with Crippen LogP contribution in [0.25, 0.3) is 0 Å². The molecule has 0 bridgehead atoms. The van der Waals surface area contributed by atoms with E-state index in [1.54, 1.807) is 25.6 Å². The fraction of sp³-hybridized carbons (Fsp3) is 0.833. The van der Waals surface area contributed by atoms with E-state index in [9.17, 15) is 9.59 Å². The number of hydrogen-bond acceptors (Lipinski definition) is 3. The maximum Gasteiger partial charge on any atom is 0.143 e. The second-order valence-corrected chi connectivity index (χ2v) is 5.47. The van der Waals surface area contributed by atoms with Crippen LogP contribution in [0.1, 0.15) is 53.4 Å². The van der Waals surface area contributed by atoms with Gasteiger partial charge in [-0.25, -0.2) is 0 Å². The molecule has 0 saturated heterocycles. The molecule has 15 heavy (non-hydrogen) atoms. The monoisotopic (exact) mass is 230 g/mol. The van der Waals surface area contributed by atoms with Gasteiger partial charge in [-0.05, 0) is 26.7 Å². The van der Waals surface area contributed by atoms with Gasteiger partial charge in [0.15, 0.2) is 0 Å². The first-order valence-corrected chi connectivity index (χ1v) is 6.60. The van der Waals surface area contributed by atoms with Crippen LogP contribution in [0.5, 0.6) is 0 Å². The number of carbonyl (C=O) groups is 2. The van der Waals surface area contributed by atoms with E-state index in [0.717, 1.165) is 19.3 Å². The highest BCUT2D eigenvalue weighted by Crippen LogP contribution is 2.27. The van der Waals surface area contributed by atoms with E-state index in [2.05, 4.69) is 13.8 Å². The third kappa shape index (κ3) is 6.72. The van der Waals surface area contributed by atoms with E-state index in [1.807, 2.05) is 0 Å². The quantitative estimate of drug-likeness (QED) is 0.642. The largest absolute Gasteiger partial charge is 0.300 e. The second-order valence-electron chi connectivity index (χ2n) is 3.96. The molecule has 0 aromatic heterocycles. The highest BCUT2D eigenvalue weighted by Gasteiger charge is 2.20. The van der Waals surface area contributed by atoms with E-state index in [1.165, 1.54) is 0 Å². The molecule has 0 fully saturated rings. The molecular formula is C12H22O2S. The van der Waals surface area contributed by atoms with Gasteiger partial charge in [0.1, 0.15) is 11.6 Å². The zero-order valence-corrected chi connectivity index (χ0v) is 11.0. The van der Waals surface area contributed by atoms with Crippen LogP contribution in [0.2, 0.25) is 0 Å². The molecule has 0 aliphatic carbocycles. The van der Waals surface area contributed by atoms with Crippen LogP contribution < -0.4 is 0 Å². The zero-order valence-electron chi connectivity index (χ0n) is 10.2. The molecule has 0 aliphatic rings. The van der Waals surface area contributed by atoms with Crippen molar-refractivity contribution in [1.29, 1.82) is 0 Å². The summed E-state index contributed by atoms with van der Waals surface area (Å²) in [5.41, 5.74) is 0. The van der Waals surface area contributed by atoms with Crippen molar-refractivity contribution in [2.75, 3.05) is 0 Å². The topological polar surface area (TPSA) is 34.1 Å². The lowest BCUT2D eigenvalue weighted by molar-refractivity contribution is -0.121. The first kappa shape index (κ1) is 14.7. The Hall–Kier alpha value is -0.310. The maximum absolute atomic E-state index is 11.4. The third-order valence-corrected chi connectivity index (χ3v) is 4.13.